The van der Waals surface area contributed by atoms with E-state index < -0.39 is 0 Å². The number of piperazine rings is 1. The number of thiophene rings is 1. The van der Waals surface area contributed by atoms with Crippen molar-refractivity contribution in [1.82, 2.24) is 15.0 Å². The third-order valence-electron chi connectivity index (χ3n) is 3.32. The highest BCUT2D eigenvalue weighted by Gasteiger charge is 2.20. The van der Waals surface area contributed by atoms with E-state index in [-0.39, 0.29) is 0 Å². The zero-order chi connectivity index (χ0) is 13.4. The number of nitrogen functional groups attached to an aromatic ring is 1. The van der Waals surface area contributed by atoms with Gasteiger partial charge in [-0.1, -0.05) is 0 Å². The third kappa shape index (κ3) is 2.43. The molecule has 1 saturated heterocycles. The molecule has 2 N–H and O–H groups in total. The van der Waals surface area contributed by atoms with Gasteiger partial charge in [0.05, 0.1) is 10.6 Å². The van der Waals surface area contributed by atoms with Crippen LogP contribution < -0.4 is 10.6 Å². The summed E-state index contributed by atoms with van der Waals surface area (Å²) in [7, 11) is 2.12. The van der Waals surface area contributed by atoms with E-state index in [1.165, 1.54) is 11.3 Å². The monoisotopic (exact) mass is 279 g/mol. The highest BCUT2D eigenvalue weighted by atomic mass is 32.1. The van der Waals surface area contributed by atoms with Gasteiger partial charge in [0.15, 0.2) is 0 Å². The van der Waals surface area contributed by atoms with Gasteiger partial charge in [0.25, 0.3) is 11.8 Å². The standard InChI is InChI=1S/C12H17N5OS/c1-8-7-9(10(13)19-8)11-14-12(15-18-11)17-5-3-16(2)4-6-17/h7H,3-6,13H2,1-2H3. The highest BCUT2D eigenvalue weighted by molar-refractivity contribution is 7.16. The number of aryl methyl sites for hydroxylation is 1. The fraction of sp³-hybridized carbons (Fsp3) is 0.500. The van der Waals surface area contributed by atoms with Crippen molar-refractivity contribution in [2.45, 2.75) is 6.92 Å². The van der Waals surface area contributed by atoms with E-state index in [4.69, 9.17) is 10.3 Å². The molecule has 6 nitrogen and oxygen atoms in total. The van der Waals surface area contributed by atoms with E-state index in [9.17, 15) is 0 Å². The molecule has 0 amide bonds. The van der Waals surface area contributed by atoms with E-state index in [1.54, 1.807) is 0 Å². The molecule has 0 radical (unpaired) electrons. The second-order valence-corrected chi connectivity index (χ2v) is 6.11. The molecule has 2 aromatic rings. The lowest BCUT2D eigenvalue weighted by molar-refractivity contribution is 0.309. The fourth-order valence-electron chi connectivity index (χ4n) is 2.16. The van der Waals surface area contributed by atoms with Gasteiger partial charge in [-0.25, -0.2) is 0 Å². The number of nitrogens with zero attached hydrogens (tertiary/aromatic N) is 4. The Labute approximate surface area is 115 Å². The zero-order valence-electron chi connectivity index (χ0n) is 11.1. The number of anilines is 2. The number of likely N-dealkylation sites (N-methyl/N-ethyl adjacent to an activating group) is 1. The molecule has 0 aromatic carbocycles. The van der Waals surface area contributed by atoms with Gasteiger partial charge in [-0.2, -0.15) is 4.98 Å². The van der Waals surface area contributed by atoms with Crippen molar-refractivity contribution in [3.8, 4) is 11.5 Å². The maximum atomic E-state index is 5.95. The molecule has 1 fully saturated rings. The Balaban J connectivity index is 1.81. The summed E-state index contributed by atoms with van der Waals surface area (Å²) in [5.74, 6) is 1.17. The van der Waals surface area contributed by atoms with E-state index in [2.05, 4.69) is 27.0 Å². The van der Waals surface area contributed by atoms with Crippen LogP contribution in [0.5, 0.6) is 0 Å². The average Bonchev–Trinajstić information content (AvgIpc) is 2.97. The Morgan fingerprint density at radius 1 is 1.32 bits per heavy atom. The van der Waals surface area contributed by atoms with E-state index in [0.717, 1.165) is 41.6 Å². The van der Waals surface area contributed by atoms with Crippen molar-refractivity contribution in [2.24, 2.45) is 0 Å². The van der Waals surface area contributed by atoms with Gasteiger partial charge in [0, 0.05) is 31.1 Å². The minimum absolute atomic E-state index is 0.510. The minimum Gasteiger partial charge on any atom is -0.390 e. The van der Waals surface area contributed by atoms with Crippen molar-refractivity contribution in [3.63, 3.8) is 0 Å². The lowest BCUT2D eigenvalue weighted by atomic mass is 10.3. The largest absolute Gasteiger partial charge is 0.390 e. The van der Waals surface area contributed by atoms with E-state index >= 15 is 0 Å². The second-order valence-electron chi connectivity index (χ2n) is 4.82. The van der Waals surface area contributed by atoms with Crippen LogP contribution >= 0.6 is 11.3 Å². The normalized spacial score (nSPS) is 17.1. The van der Waals surface area contributed by atoms with Gasteiger partial charge in [-0.15, -0.1) is 11.3 Å². The first-order valence-electron chi connectivity index (χ1n) is 6.27. The highest BCUT2D eigenvalue weighted by Crippen LogP contribution is 2.33. The minimum atomic E-state index is 0.510. The molecule has 19 heavy (non-hydrogen) atoms. The van der Waals surface area contributed by atoms with Crippen LogP contribution in [0.1, 0.15) is 4.88 Å². The molecule has 3 rings (SSSR count). The lowest BCUT2D eigenvalue weighted by Crippen LogP contribution is -2.44. The van der Waals surface area contributed by atoms with Crippen LogP contribution in [0.2, 0.25) is 0 Å². The number of nitrogens with two attached hydrogens (primary N) is 1. The molecule has 0 spiro atoms. The van der Waals surface area contributed by atoms with Gasteiger partial charge in [0.1, 0.15) is 0 Å². The summed E-state index contributed by atoms with van der Waals surface area (Å²) in [6, 6.07) is 1.99. The molecule has 0 unspecified atom stereocenters. The first-order chi connectivity index (χ1) is 9.13. The van der Waals surface area contributed by atoms with Gasteiger partial charge >= 0.3 is 0 Å². The molecule has 0 saturated carbocycles. The predicted octanol–water partition coefficient (Wildman–Crippen LogP) is 1.44. The molecule has 102 valence electrons. The quantitative estimate of drug-likeness (QED) is 0.897. The maximum absolute atomic E-state index is 5.95. The second kappa shape index (κ2) is 4.82. The molecule has 1 aliphatic heterocycles. The molecule has 0 bridgehead atoms. The van der Waals surface area contributed by atoms with Gasteiger partial charge in [0.2, 0.25) is 0 Å². The van der Waals surface area contributed by atoms with Crippen LogP contribution in [0.3, 0.4) is 0 Å². The third-order valence-corrected chi connectivity index (χ3v) is 4.20. The summed E-state index contributed by atoms with van der Waals surface area (Å²) in [6.45, 7) is 5.90. The van der Waals surface area contributed by atoms with Crippen molar-refractivity contribution >= 4 is 22.3 Å². The Bertz CT molecular complexity index is 570. The Morgan fingerprint density at radius 3 is 2.68 bits per heavy atom. The summed E-state index contributed by atoms with van der Waals surface area (Å²) < 4.78 is 5.34. The molecule has 2 aromatic heterocycles. The molecule has 0 aliphatic carbocycles. The predicted molar refractivity (Wildman–Crippen MR) is 76.5 cm³/mol. The zero-order valence-corrected chi connectivity index (χ0v) is 11.9. The van der Waals surface area contributed by atoms with E-state index in [1.807, 2.05) is 13.0 Å². The van der Waals surface area contributed by atoms with Gasteiger partial charge in [-0.3, -0.25) is 0 Å². The van der Waals surface area contributed by atoms with Crippen molar-refractivity contribution in [1.29, 1.82) is 0 Å². The van der Waals surface area contributed by atoms with Crippen LogP contribution in [-0.4, -0.2) is 48.3 Å². The molecule has 7 heteroatoms. The number of rotatable bonds is 2. The number of hydrogen-bond acceptors (Lipinski definition) is 7. The van der Waals surface area contributed by atoms with Gasteiger partial charge < -0.3 is 20.1 Å². The van der Waals surface area contributed by atoms with Crippen molar-refractivity contribution in [3.05, 3.63) is 10.9 Å². The first-order valence-corrected chi connectivity index (χ1v) is 7.08. The Kier molecular flexibility index (Phi) is 3.16. The Hall–Kier alpha value is -1.60. The van der Waals surface area contributed by atoms with Gasteiger partial charge in [-0.05, 0) is 25.2 Å². The molecule has 1 aliphatic rings. The number of hydrogen-bond donors (Lipinski definition) is 1. The van der Waals surface area contributed by atoms with Crippen LogP contribution in [0.4, 0.5) is 10.9 Å². The maximum Gasteiger partial charge on any atom is 0.266 e. The van der Waals surface area contributed by atoms with Crippen LogP contribution in [-0.2, 0) is 0 Å². The topological polar surface area (TPSA) is 71.4 Å². The summed E-state index contributed by atoms with van der Waals surface area (Å²) >= 11 is 1.54. The van der Waals surface area contributed by atoms with Crippen LogP contribution in [0, 0.1) is 6.92 Å². The molecule has 0 atom stereocenters. The SMILES string of the molecule is Cc1cc(-c2nc(N3CCN(C)CC3)no2)c(N)s1. The van der Waals surface area contributed by atoms with Crippen molar-refractivity contribution in [2.75, 3.05) is 43.9 Å². The van der Waals surface area contributed by atoms with Crippen molar-refractivity contribution < 1.29 is 4.52 Å². The Morgan fingerprint density at radius 2 is 2.05 bits per heavy atom. The smallest absolute Gasteiger partial charge is 0.266 e. The molecule has 3 heterocycles. The summed E-state index contributed by atoms with van der Waals surface area (Å²) in [5, 5.41) is 4.79. The summed E-state index contributed by atoms with van der Waals surface area (Å²) in [5.41, 5.74) is 6.79. The van der Waals surface area contributed by atoms with Crippen LogP contribution in [0.15, 0.2) is 10.6 Å². The fourth-order valence-corrected chi connectivity index (χ4v) is 2.94. The average molecular weight is 279 g/mol. The van der Waals surface area contributed by atoms with Crippen LogP contribution in [0.25, 0.3) is 11.5 Å². The van der Waals surface area contributed by atoms with E-state index in [0.29, 0.717) is 11.8 Å². The lowest BCUT2D eigenvalue weighted by Gasteiger charge is -2.31. The summed E-state index contributed by atoms with van der Waals surface area (Å²) in [6.07, 6.45) is 0. The summed E-state index contributed by atoms with van der Waals surface area (Å²) in [4.78, 5) is 10.0. The first kappa shape index (κ1) is 12.4. The number of aromatic nitrogens is 2. The molecular formula is C12H17N5OS. The molecular weight excluding hydrogens is 262 g/mol.